The molecule has 1 heterocycles. The van der Waals surface area contributed by atoms with Crippen LogP contribution < -0.4 is 11.1 Å². The van der Waals surface area contributed by atoms with E-state index >= 15 is 0 Å². The first kappa shape index (κ1) is 14.8. The molecule has 1 aliphatic heterocycles. The summed E-state index contributed by atoms with van der Waals surface area (Å²) in [7, 11) is 2.19. The maximum atomic E-state index is 12.0. The van der Waals surface area contributed by atoms with E-state index in [0.717, 1.165) is 44.6 Å². The predicted octanol–water partition coefficient (Wildman–Crippen LogP) is 1.35. The molecule has 0 atom stereocenters. The van der Waals surface area contributed by atoms with Gasteiger partial charge in [-0.15, -0.1) is 0 Å². The van der Waals surface area contributed by atoms with Crippen LogP contribution in [0.2, 0.25) is 0 Å². The fourth-order valence-corrected chi connectivity index (χ4v) is 3.28. The third kappa shape index (κ3) is 4.77. The van der Waals surface area contributed by atoms with Gasteiger partial charge in [0.05, 0.1) is 0 Å². The van der Waals surface area contributed by atoms with Crippen molar-refractivity contribution >= 4 is 5.91 Å². The Balaban J connectivity index is 1.59. The summed E-state index contributed by atoms with van der Waals surface area (Å²) in [4.78, 5) is 14.4. The van der Waals surface area contributed by atoms with Crippen LogP contribution in [0.1, 0.15) is 44.9 Å². The summed E-state index contributed by atoms with van der Waals surface area (Å²) < 4.78 is 0. The van der Waals surface area contributed by atoms with Crippen LogP contribution in [-0.2, 0) is 4.79 Å². The van der Waals surface area contributed by atoms with Gasteiger partial charge in [0.25, 0.3) is 0 Å². The van der Waals surface area contributed by atoms with E-state index in [2.05, 4.69) is 17.3 Å². The van der Waals surface area contributed by atoms with Crippen molar-refractivity contribution < 1.29 is 4.79 Å². The first-order valence-electron chi connectivity index (χ1n) is 7.87. The molecule has 0 spiro atoms. The van der Waals surface area contributed by atoms with Crippen LogP contribution in [0.5, 0.6) is 0 Å². The molecule has 2 fully saturated rings. The molecule has 0 bridgehead atoms. The largest absolute Gasteiger partial charge is 0.356 e. The van der Waals surface area contributed by atoms with Gasteiger partial charge < -0.3 is 16.0 Å². The topological polar surface area (TPSA) is 58.4 Å². The molecule has 1 aliphatic carbocycles. The third-order valence-electron chi connectivity index (χ3n) is 4.83. The second kappa shape index (κ2) is 7.25. The van der Waals surface area contributed by atoms with Crippen molar-refractivity contribution in [3.05, 3.63) is 0 Å². The normalized spacial score (nSPS) is 30.2. The summed E-state index contributed by atoms with van der Waals surface area (Å²) in [6.45, 7) is 3.27. The van der Waals surface area contributed by atoms with Gasteiger partial charge in [-0.05, 0) is 71.0 Å². The summed E-state index contributed by atoms with van der Waals surface area (Å²) in [5, 5.41) is 3.13. The summed E-state index contributed by atoms with van der Waals surface area (Å²) >= 11 is 0. The van der Waals surface area contributed by atoms with E-state index in [1.807, 2.05) is 0 Å². The molecule has 4 nitrogen and oxygen atoms in total. The second-order valence-corrected chi connectivity index (χ2v) is 6.44. The average Bonchev–Trinajstić information content (AvgIpc) is 2.41. The molecule has 110 valence electrons. The minimum atomic E-state index is 0.220. The third-order valence-corrected chi connectivity index (χ3v) is 4.83. The summed E-state index contributed by atoms with van der Waals surface area (Å²) in [5.41, 5.74) is 5.87. The van der Waals surface area contributed by atoms with Gasteiger partial charge in [0.2, 0.25) is 5.91 Å². The highest BCUT2D eigenvalue weighted by Crippen LogP contribution is 2.23. The zero-order chi connectivity index (χ0) is 13.7. The number of hydrogen-bond donors (Lipinski definition) is 2. The zero-order valence-electron chi connectivity index (χ0n) is 12.2. The monoisotopic (exact) mass is 267 g/mol. The van der Waals surface area contributed by atoms with Gasteiger partial charge in [-0.2, -0.15) is 0 Å². The number of nitrogens with zero attached hydrogens (tertiary/aromatic N) is 1. The molecule has 0 radical (unpaired) electrons. The molecule has 0 aromatic rings. The Labute approximate surface area is 117 Å². The second-order valence-electron chi connectivity index (χ2n) is 6.44. The maximum absolute atomic E-state index is 12.0. The van der Waals surface area contributed by atoms with E-state index in [0.29, 0.717) is 6.04 Å². The van der Waals surface area contributed by atoms with Gasteiger partial charge in [0.1, 0.15) is 0 Å². The van der Waals surface area contributed by atoms with Crippen molar-refractivity contribution in [3.8, 4) is 0 Å². The highest BCUT2D eigenvalue weighted by atomic mass is 16.1. The highest BCUT2D eigenvalue weighted by Gasteiger charge is 2.24. The Hall–Kier alpha value is -0.610. The zero-order valence-corrected chi connectivity index (χ0v) is 12.2. The summed E-state index contributed by atoms with van der Waals surface area (Å²) in [6.07, 6.45) is 7.67. The fraction of sp³-hybridized carbons (Fsp3) is 0.933. The number of nitrogens with two attached hydrogens (primary N) is 1. The summed E-state index contributed by atoms with van der Waals surface area (Å²) in [5.74, 6) is 1.29. The van der Waals surface area contributed by atoms with E-state index in [1.54, 1.807) is 0 Å². The summed E-state index contributed by atoms with van der Waals surface area (Å²) in [6, 6.07) is 0.322. The average molecular weight is 267 g/mol. The Morgan fingerprint density at radius 3 is 2.42 bits per heavy atom. The minimum absolute atomic E-state index is 0.220. The number of carbonyl (C=O) groups is 1. The Morgan fingerprint density at radius 2 is 1.79 bits per heavy atom. The fourth-order valence-electron chi connectivity index (χ4n) is 3.28. The smallest absolute Gasteiger partial charge is 0.223 e. The van der Waals surface area contributed by atoms with Crippen LogP contribution in [0.3, 0.4) is 0 Å². The van der Waals surface area contributed by atoms with Crippen LogP contribution in [0.4, 0.5) is 0 Å². The molecule has 0 aromatic carbocycles. The van der Waals surface area contributed by atoms with Crippen LogP contribution in [0, 0.1) is 11.8 Å². The molecular weight excluding hydrogens is 238 g/mol. The van der Waals surface area contributed by atoms with E-state index in [1.165, 1.54) is 25.9 Å². The van der Waals surface area contributed by atoms with Crippen LogP contribution >= 0.6 is 0 Å². The van der Waals surface area contributed by atoms with Gasteiger partial charge in [0, 0.05) is 18.5 Å². The van der Waals surface area contributed by atoms with E-state index in [4.69, 9.17) is 5.73 Å². The van der Waals surface area contributed by atoms with Gasteiger partial charge in [-0.3, -0.25) is 4.79 Å². The van der Waals surface area contributed by atoms with E-state index in [-0.39, 0.29) is 11.8 Å². The molecule has 0 unspecified atom stereocenters. The predicted molar refractivity (Wildman–Crippen MR) is 77.8 cm³/mol. The molecule has 3 N–H and O–H groups in total. The quantitative estimate of drug-likeness (QED) is 0.808. The van der Waals surface area contributed by atoms with Gasteiger partial charge in [0.15, 0.2) is 0 Å². The standard InChI is InChI=1S/C15H29N3O/c1-18-10-7-12(8-11-18)6-9-17-15(19)13-2-4-14(16)5-3-13/h12-14H,2-11,16H2,1H3,(H,17,19). The Kier molecular flexibility index (Phi) is 5.64. The highest BCUT2D eigenvalue weighted by molar-refractivity contribution is 5.78. The number of rotatable bonds is 4. The van der Waals surface area contributed by atoms with Gasteiger partial charge >= 0.3 is 0 Å². The molecule has 0 aromatic heterocycles. The van der Waals surface area contributed by atoms with E-state index < -0.39 is 0 Å². The van der Waals surface area contributed by atoms with Crippen molar-refractivity contribution in [3.63, 3.8) is 0 Å². The Bertz CT molecular complexity index is 279. The van der Waals surface area contributed by atoms with Gasteiger partial charge in [-0.25, -0.2) is 0 Å². The number of hydrogen-bond acceptors (Lipinski definition) is 3. The van der Waals surface area contributed by atoms with Crippen LogP contribution in [-0.4, -0.2) is 43.5 Å². The Morgan fingerprint density at radius 1 is 1.16 bits per heavy atom. The molecule has 4 heteroatoms. The van der Waals surface area contributed by atoms with Crippen molar-refractivity contribution in [2.24, 2.45) is 17.6 Å². The van der Waals surface area contributed by atoms with Crippen molar-refractivity contribution in [2.75, 3.05) is 26.7 Å². The number of nitrogens with one attached hydrogen (secondary N) is 1. The lowest BCUT2D eigenvalue weighted by atomic mass is 9.86. The molecule has 1 saturated carbocycles. The SMILES string of the molecule is CN1CCC(CCNC(=O)C2CCC(N)CC2)CC1. The van der Waals surface area contributed by atoms with E-state index in [9.17, 15) is 4.79 Å². The van der Waals surface area contributed by atoms with Crippen molar-refractivity contribution in [1.82, 2.24) is 10.2 Å². The molecular formula is C15H29N3O. The van der Waals surface area contributed by atoms with Crippen LogP contribution in [0.15, 0.2) is 0 Å². The first-order chi connectivity index (χ1) is 9.15. The van der Waals surface area contributed by atoms with Crippen molar-refractivity contribution in [2.45, 2.75) is 51.0 Å². The van der Waals surface area contributed by atoms with Crippen LogP contribution in [0.25, 0.3) is 0 Å². The van der Waals surface area contributed by atoms with Crippen molar-refractivity contribution in [1.29, 1.82) is 0 Å². The number of piperidine rings is 1. The van der Waals surface area contributed by atoms with Gasteiger partial charge in [-0.1, -0.05) is 0 Å². The maximum Gasteiger partial charge on any atom is 0.223 e. The molecule has 19 heavy (non-hydrogen) atoms. The molecule has 1 amide bonds. The lowest BCUT2D eigenvalue weighted by molar-refractivity contribution is -0.126. The minimum Gasteiger partial charge on any atom is -0.356 e. The lowest BCUT2D eigenvalue weighted by Gasteiger charge is -2.29. The number of amides is 1. The number of carbonyl (C=O) groups excluding carboxylic acids is 1. The first-order valence-corrected chi connectivity index (χ1v) is 7.87. The lowest BCUT2D eigenvalue weighted by Crippen LogP contribution is -2.37. The molecule has 1 saturated heterocycles. The molecule has 2 aliphatic rings. The molecule has 2 rings (SSSR count). The number of likely N-dealkylation sites (tertiary alicyclic amines) is 1.